The smallest absolute Gasteiger partial charge is 0.491 e. The first-order valence-electron chi connectivity index (χ1n) is 5.45. The van der Waals surface area contributed by atoms with E-state index in [1.165, 1.54) is 0 Å². The summed E-state index contributed by atoms with van der Waals surface area (Å²) < 4.78 is 87.4. The molecule has 0 aliphatic heterocycles. The molecule has 0 saturated heterocycles. The molecule has 0 aliphatic rings. The maximum atomic E-state index is 12.9. The lowest BCUT2D eigenvalue weighted by atomic mass is 10.1. The van der Waals surface area contributed by atoms with E-state index in [0.29, 0.717) is 0 Å². The molecule has 22 heavy (non-hydrogen) atoms. The zero-order chi connectivity index (χ0) is 17.1. The molecule has 0 aliphatic carbocycles. The molecule has 0 amide bonds. The van der Waals surface area contributed by atoms with Crippen LogP contribution in [-0.4, -0.2) is 31.5 Å². The molecule has 0 radical (unpaired) electrons. The molecule has 0 atom stereocenters. The van der Waals surface area contributed by atoms with Crippen molar-refractivity contribution in [3.63, 3.8) is 0 Å². The molecular weight excluding hydrogens is 324 g/mol. The van der Waals surface area contributed by atoms with E-state index in [4.69, 9.17) is 0 Å². The van der Waals surface area contributed by atoms with Gasteiger partial charge in [-0.1, -0.05) is 0 Å². The standard InChI is InChI=1S/C11H9F6NO4/c1-20-7-3-5(10(12,13)14)6(4-8(19)21-2)18-9(7)22-11(15,16)17/h3H,4H2,1-2H3. The number of nitrogens with zero attached hydrogens (tertiary/aromatic N) is 1. The second kappa shape index (κ2) is 6.28. The minimum Gasteiger partial charge on any atom is -0.491 e. The normalized spacial score (nSPS) is 12.0. The van der Waals surface area contributed by atoms with Gasteiger partial charge in [0.15, 0.2) is 5.75 Å². The van der Waals surface area contributed by atoms with Crippen LogP contribution in [-0.2, 0) is 22.1 Å². The van der Waals surface area contributed by atoms with E-state index >= 15 is 0 Å². The first-order chi connectivity index (χ1) is 9.97. The lowest BCUT2D eigenvalue weighted by Crippen LogP contribution is -2.21. The Kier molecular flexibility index (Phi) is 5.09. The highest BCUT2D eigenvalue weighted by Crippen LogP contribution is 2.38. The highest BCUT2D eigenvalue weighted by Gasteiger charge is 2.39. The van der Waals surface area contributed by atoms with Crippen molar-refractivity contribution in [2.45, 2.75) is 19.0 Å². The van der Waals surface area contributed by atoms with Crippen molar-refractivity contribution in [3.8, 4) is 11.6 Å². The number of rotatable bonds is 4. The summed E-state index contributed by atoms with van der Waals surface area (Å²) in [4.78, 5) is 14.2. The van der Waals surface area contributed by atoms with Crippen molar-refractivity contribution >= 4 is 5.97 Å². The Bertz CT molecular complexity index is 555. The van der Waals surface area contributed by atoms with Crippen molar-refractivity contribution in [3.05, 3.63) is 17.3 Å². The topological polar surface area (TPSA) is 57.7 Å². The maximum Gasteiger partial charge on any atom is 0.574 e. The van der Waals surface area contributed by atoms with E-state index in [0.717, 1.165) is 14.2 Å². The summed E-state index contributed by atoms with van der Waals surface area (Å²) in [5.41, 5.74) is -2.40. The second-order valence-corrected chi connectivity index (χ2v) is 3.79. The molecule has 0 spiro atoms. The third-order valence-corrected chi connectivity index (χ3v) is 2.31. The summed E-state index contributed by atoms with van der Waals surface area (Å²) >= 11 is 0. The Morgan fingerprint density at radius 2 is 1.77 bits per heavy atom. The van der Waals surface area contributed by atoms with Gasteiger partial charge in [0.05, 0.1) is 31.9 Å². The number of alkyl halides is 6. The van der Waals surface area contributed by atoms with E-state index < -0.39 is 47.8 Å². The molecule has 0 bridgehead atoms. The lowest BCUT2D eigenvalue weighted by Gasteiger charge is -2.17. The minimum absolute atomic E-state index is 0.270. The molecule has 0 fully saturated rings. The number of pyridine rings is 1. The molecule has 0 aromatic carbocycles. The van der Waals surface area contributed by atoms with E-state index in [9.17, 15) is 31.1 Å². The van der Waals surface area contributed by atoms with Gasteiger partial charge < -0.3 is 14.2 Å². The number of esters is 1. The van der Waals surface area contributed by atoms with Gasteiger partial charge in [0.1, 0.15) is 0 Å². The number of hydrogen-bond acceptors (Lipinski definition) is 5. The molecule has 0 N–H and O–H groups in total. The monoisotopic (exact) mass is 333 g/mol. The lowest BCUT2D eigenvalue weighted by molar-refractivity contribution is -0.276. The summed E-state index contributed by atoms with van der Waals surface area (Å²) in [6.07, 6.45) is -11.1. The van der Waals surface area contributed by atoms with Crippen LogP contribution in [0, 0.1) is 0 Å². The largest absolute Gasteiger partial charge is 0.574 e. The predicted octanol–water partition coefficient (Wildman–Crippen LogP) is 2.72. The van der Waals surface area contributed by atoms with Crippen LogP contribution in [0.2, 0.25) is 0 Å². The Morgan fingerprint density at radius 3 is 2.18 bits per heavy atom. The van der Waals surface area contributed by atoms with Gasteiger partial charge in [0.25, 0.3) is 5.88 Å². The average molecular weight is 333 g/mol. The number of hydrogen-bond donors (Lipinski definition) is 0. The van der Waals surface area contributed by atoms with Gasteiger partial charge in [-0.05, 0) is 6.07 Å². The van der Waals surface area contributed by atoms with Gasteiger partial charge in [-0.2, -0.15) is 13.2 Å². The van der Waals surface area contributed by atoms with Crippen LogP contribution < -0.4 is 9.47 Å². The van der Waals surface area contributed by atoms with Crippen molar-refractivity contribution in [2.24, 2.45) is 0 Å². The van der Waals surface area contributed by atoms with Crippen LogP contribution in [0.4, 0.5) is 26.3 Å². The number of halogens is 6. The fraction of sp³-hybridized carbons (Fsp3) is 0.455. The zero-order valence-electron chi connectivity index (χ0n) is 11.1. The van der Waals surface area contributed by atoms with E-state index in [1.54, 1.807) is 0 Å². The Morgan fingerprint density at radius 1 is 1.18 bits per heavy atom. The SMILES string of the molecule is COC(=O)Cc1nc(OC(F)(F)F)c(OC)cc1C(F)(F)F. The molecule has 1 aromatic heterocycles. The van der Waals surface area contributed by atoms with Gasteiger partial charge in [0.2, 0.25) is 0 Å². The van der Waals surface area contributed by atoms with E-state index in [2.05, 4.69) is 19.2 Å². The van der Waals surface area contributed by atoms with E-state index in [1.807, 2.05) is 0 Å². The number of carbonyl (C=O) groups is 1. The van der Waals surface area contributed by atoms with Gasteiger partial charge in [-0.3, -0.25) is 4.79 Å². The molecule has 5 nitrogen and oxygen atoms in total. The van der Waals surface area contributed by atoms with Gasteiger partial charge in [-0.15, -0.1) is 13.2 Å². The summed E-state index contributed by atoms with van der Waals surface area (Å²) in [7, 11) is 1.76. The first-order valence-corrected chi connectivity index (χ1v) is 5.45. The van der Waals surface area contributed by atoms with Crippen molar-refractivity contribution in [1.82, 2.24) is 4.98 Å². The fourth-order valence-corrected chi connectivity index (χ4v) is 1.43. The molecule has 1 rings (SSSR count). The second-order valence-electron chi connectivity index (χ2n) is 3.79. The van der Waals surface area contributed by atoms with Crippen LogP contribution in [0.3, 0.4) is 0 Å². The third-order valence-electron chi connectivity index (χ3n) is 2.31. The molecule has 1 aromatic rings. The fourth-order valence-electron chi connectivity index (χ4n) is 1.43. The predicted molar refractivity (Wildman–Crippen MR) is 58.2 cm³/mol. The van der Waals surface area contributed by atoms with Crippen LogP contribution in [0.25, 0.3) is 0 Å². The van der Waals surface area contributed by atoms with Crippen LogP contribution >= 0.6 is 0 Å². The van der Waals surface area contributed by atoms with Gasteiger partial charge in [0, 0.05) is 0 Å². The summed E-state index contributed by atoms with van der Waals surface area (Å²) in [5.74, 6) is -3.22. The van der Waals surface area contributed by atoms with Crippen molar-refractivity contribution in [2.75, 3.05) is 14.2 Å². The van der Waals surface area contributed by atoms with Crippen LogP contribution in [0.1, 0.15) is 11.3 Å². The Balaban J connectivity index is 3.42. The Labute approximate surface area is 119 Å². The van der Waals surface area contributed by atoms with Gasteiger partial charge in [-0.25, -0.2) is 4.98 Å². The van der Waals surface area contributed by atoms with Crippen molar-refractivity contribution < 1.29 is 45.3 Å². The molecule has 124 valence electrons. The molecule has 1 heterocycles. The number of aromatic nitrogens is 1. The molecule has 0 unspecified atom stereocenters. The van der Waals surface area contributed by atoms with Crippen LogP contribution in [0.5, 0.6) is 11.6 Å². The minimum atomic E-state index is -5.19. The Hall–Kier alpha value is -2.20. The summed E-state index contributed by atoms with van der Waals surface area (Å²) in [5, 5.41) is 0. The maximum absolute atomic E-state index is 12.9. The molecule has 11 heteroatoms. The first kappa shape index (κ1) is 17.9. The summed E-state index contributed by atoms with van der Waals surface area (Å²) in [6, 6.07) is 0.270. The number of carbonyl (C=O) groups excluding carboxylic acids is 1. The third kappa shape index (κ3) is 4.67. The highest BCUT2D eigenvalue weighted by atomic mass is 19.4. The highest BCUT2D eigenvalue weighted by molar-refractivity contribution is 5.72. The van der Waals surface area contributed by atoms with Gasteiger partial charge >= 0.3 is 18.5 Å². The van der Waals surface area contributed by atoms with Crippen LogP contribution in [0.15, 0.2) is 6.07 Å². The average Bonchev–Trinajstić information content (AvgIpc) is 2.35. The molecule has 0 saturated carbocycles. The van der Waals surface area contributed by atoms with Crippen molar-refractivity contribution in [1.29, 1.82) is 0 Å². The zero-order valence-corrected chi connectivity index (χ0v) is 11.1. The summed E-state index contributed by atoms with van der Waals surface area (Å²) in [6.45, 7) is 0. The van der Waals surface area contributed by atoms with E-state index in [-0.39, 0.29) is 6.07 Å². The number of methoxy groups -OCH3 is 2. The molecular formula is C11H9F6NO4. The quantitative estimate of drug-likeness (QED) is 0.626. The number of ether oxygens (including phenoxy) is 3.